The van der Waals surface area contributed by atoms with E-state index in [-0.39, 0.29) is 16.8 Å². The van der Waals surface area contributed by atoms with Crippen LogP contribution in [0.3, 0.4) is 0 Å². The third-order valence-corrected chi connectivity index (χ3v) is 7.68. The number of hydrogen-bond donors (Lipinski definition) is 1. The fourth-order valence-electron chi connectivity index (χ4n) is 3.58. The number of hydrogen-bond acceptors (Lipinski definition) is 4. The number of rotatable bonds is 6. The minimum Gasteiger partial charge on any atom is -0.346 e. The molecular formula is C23H31N3O3S. The number of amides is 1. The number of aryl methyl sites for hydroxylation is 2. The van der Waals surface area contributed by atoms with Crippen molar-refractivity contribution >= 4 is 15.9 Å². The molecule has 3 rings (SSSR count). The smallest absolute Gasteiger partial charge is 0.252 e. The predicted octanol–water partition coefficient (Wildman–Crippen LogP) is 2.98. The number of carbonyl (C=O) groups is 1. The molecule has 6 nitrogen and oxygen atoms in total. The van der Waals surface area contributed by atoms with Crippen molar-refractivity contribution in [2.45, 2.75) is 38.1 Å². The number of nitrogens with one attached hydrogen (secondary N) is 1. The van der Waals surface area contributed by atoms with Gasteiger partial charge in [0.1, 0.15) is 0 Å². The van der Waals surface area contributed by atoms with E-state index in [1.807, 2.05) is 33.0 Å². The van der Waals surface area contributed by atoms with Crippen LogP contribution >= 0.6 is 0 Å². The minimum absolute atomic E-state index is 0.169. The van der Waals surface area contributed by atoms with Crippen molar-refractivity contribution in [1.29, 1.82) is 0 Å². The standard InChI is InChI=1S/C23H31N3O3S/c1-5-19-7-9-20(10-8-19)18(3)24-23(27)22-16-21(11-6-17(22)2)30(28,29)26-14-12-25(4)13-15-26/h6-11,16,18H,5,12-15H2,1-4H3,(H,24,27)/t18-/m1/s1. The highest BCUT2D eigenvalue weighted by molar-refractivity contribution is 7.89. The van der Waals surface area contributed by atoms with Crippen molar-refractivity contribution in [3.63, 3.8) is 0 Å². The Balaban J connectivity index is 1.79. The molecular weight excluding hydrogens is 398 g/mol. The molecule has 1 atom stereocenters. The number of benzene rings is 2. The van der Waals surface area contributed by atoms with Gasteiger partial charge >= 0.3 is 0 Å². The van der Waals surface area contributed by atoms with Crippen LogP contribution in [0.1, 0.15) is 46.9 Å². The van der Waals surface area contributed by atoms with E-state index in [1.54, 1.807) is 12.1 Å². The van der Waals surface area contributed by atoms with Crippen LogP contribution in [0.2, 0.25) is 0 Å². The van der Waals surface area contributed by atoms with Gasteiger partial charge in [0.2, 0.25) is 10.0 Å². The van der Waals surface area contributed by atoms with E-state index in [1.165, 1.54) is 15.9 Å². The molecule has 2 aromatic rings. The van der Waals surface area contributed by atoms with Gasteiger partial charge in [-0.25, -0.2) is 8.42 Å². The van der Waals surface area contributed by atoms with E-state index in [4.69, 9.17) is 0 Å². The second-order valence-corrected chi connectivity index (χ2v) is 9.91. The highest BCUT2D eigenvalue weighted by Crippen LogP contribution is 2.22. The second-order valence-electron chi connectivity index (χ2n) is 7.97. The summed E-state index contributed by atoms with van der Waals surface area (Å²) in [6.45, 7) is 8.17. The van der Waals surface area contributed by atoms with Gasteiger partial charge in [0.15, 0.2) is 0 Å². The summed E-state index contributed by atoms with van der Waals surface area (Å²) in [5.74, 6) is -0.269. The number of sulfonamides is 1. The summed E-state index contributed by atoms with van der Waals surface area (Å²) in [5.41, 5.74) is 3.40. The third kappa shape index (κ3) is 4.91. The first-order valence-corrected chi connectivity index (χ1v) is 11.9. The van der Waals surface area contributed by atoms with Crippen LogP contribution in [0.15, 0.2) is 47.4 Å². The van der Waals surface area contributed by atoms with Crippen molar-refractivity contribution < 1.29 is 13.2 Å². The molecule has 0 bridgehead atoms. The van der Waals surface area contributed by atoms with Crippen molar-refractivity contribution in [3.05, 3.63) is 64.7 Å². The summed E-state index contributed by atoms with van der Waals surface area (Å²) in [6.07, 6.45) is 0.967. The average molecular weight is 430 g/mol. The first kappa shape index (κ1) is 22.5. The summed E-state index contributed by atoms with van der Waals surface area (Å²) in [4.78, 5) is 15.2. The van der Waals surface area contributed by atoms with Gasteiger partial charge in [-0.3, -0.25) is 4.79 Å². The van der Waals surface area contributed by atoms with E-state index in [0.717, 1.165) is 17.5 Å². The molecule has 162 valence electrons. The van der Waals surface area contributed by atoms with Gasteiger partial charge in [-0.2, -0.15) is 4.31 Å². The Morgan fingerprint density at radius 2 is 1.70 bits per heavy atom. The Morgan fingerprint density at radius 3 is 2.30 bits per heavy atom. The van der Waals surface area contributed by atoms with Gasteiger partial charge in [0.25, 0.3) is 5.91 Å². The first-order chi connectivity index (χ1) is 14.2. The van der Waals surface area contributed by atoms with Crippen molar-refractivity contribution in [1.82, 2.24) is 14.5 Å². The van der Waals surface area contributed by atoms with Crippen LogP contribution < -0.4 is 5.32 Å². The van der Waals surface area contributed by atoms with E-state index < -0.39 is 10.0 Å². The zero-order valence-electron chi connectivity index (χ0n) is 18.2. The molecule has 0 aromatic heterocycles. The number of piperazine rings is 1. The molecule has 0 radical (unpaired) electrons. The monoisotopic (exact) mass is 429 g/mol. The van der Waals surface area contributed by atoms with Gasteiger partial charge in [-0.05, 0) is 56.1 Å². The highest BCUT2D eigenvalue weighted by Gasteiger charge is 2.28. The maximum Gasteiger partial charge on any atom is 0.252 e. The third-order valence-electron chi connectivity index (χ3n) is 5.79. The number of nitrogens with zero attached hydrogens (tertiary/aromatic N) is 2. The lowest BCUT2D eigenvalue weighted by Gasteiger charge is -2.31. The summed E-state index contributed by atoms with van der Waals surface area (Å²) in [6, 6.07) is 12.8. The van der Waals surface area contributed by atoms with E-state index in [0.29, 0.717) is 31.7 Å². The number of carbonyl (C=O) groups excluding carboxylic acids is 1. The summed E-state index contributed by atoms with van der Waals surface area (Å²) < 4.78 is 27.6. The lowest BCUT2D eigenvalue weighted by molar-refractivity contribution is 0.0939. The highest BCUT2D eigenvalue weighted by atomic mass is 32.2. The zero-order valence-corrected chi connectivity index (χ0v) is 19.0. The molecule has 1 heterocycles. The molecule has 0 unspecified atom stereocenters. The van der Waals surface area contributed by atoms with Gasteiger partial charge in [-0.15, -0.1) is 0 Å². The SMILES string of the molecule is CCc1ccc([C@@H](C)NC(=O)c2cc(S(=O)(=O)N3CCN(C)CC3)ccc2C)cc1. The average Bonchev–Trinajstić information content (AvgIpc) is 2.74. The Labute approximate surface area is 179 Å². The van der Waals surface area contributed by atoms with Gasteiger partial charge in [0.05, 0.1) is 10.9 Å². The Hall–Kier alpha value is -2.22. The van der Waals surface area contributed by atoms with Gasteiger partial charge in [0, 0.05) is 31.7 Å². The molecule has 1 aliphatic heterocycles. The van der Waals surface area contributed by atoms with E-state index in [2.05, 4.69) is 29.3 Å². The molecule has 1 saturated heterocycles. The van der Waals surface area contributed by atoms with E-state index >= 15 is 0 Å². The van der Waals surface area contributed by atoms with Crippen LogP contribution in [0.4, 0.5) is 0 Å². The Morgan fingerprint density at radius 1 is 1.07 bits per heavy atom. The molecule has 2 aromatic carbocycles. The van der Waals surface area contributed by atoms with Gasteiger partial charge in [-0.1, -0.05) is 37.3 Å². The predicted molar refractivity (Wildman–Crippen MR) is 119 cm³/mol. The van der Waals surface area contributed by atoms with Crippen LogP contribution in [0.5, 0.6) is 0 Å². The fraction of sp³-hybridized carbons (Fsp3) is 0.435. The van der Waals surface area contributed by atoms with Crippen LogP contribution in [-0.2, 0) is 16.4 Å². The molecule has 0 aliphatic carbocycles. The molecule has 1 aliphatic rings. The maximum absolute atomic E-state index is 13.1. The molecule has 1 fully saturated rings. The van der Waals surface area contributed by atoms with Crippen LogP contribution in [0, 0.1) is 6.92 Å². The van der Waals surface area contributed by atoms with Crippen molar-refractivity contribution in [2.24, 2.45) is 0 Å². The Kier molecular flexibility index (Phi) is 6.95. The molecule has 1 amide bonds. The maximum atomic E-state index is 13.1. The topological polar surface area (TPSA) is 69.7 Å². The van der Waals surface area contributed by atoms with Crippen molar-refractivity contribution in [2.75, 3.05) is 33.2 Å². The Bertz CT molecular complexity index is 995. The lowest BCUT2D eigenvalue weighted by Crippen LogP contribution is -2.47. The molecule has 0 spiro atoms. The number of likely N-dealkylation sites (N-methyl/N-ethyl adjacent to an activating group) is 1. The normalized spacial score (nSPS) is 16.9. The van der Waals surface area contributed by atoms with Crippen LogP contribution in [-0.4, -0.2) is 56.8 Å². The second kappa shape index (κ2) is 9.29. The van der Waals surface area contributed by atoms with E-state index in [9.17, 15) is 13.2 Å². The summed E-state index contributed by atoms with van der Waals surface area (Å²) in [5, 5.41) is 3.00. The summed E-state index contributed by atoms with van der Waals surface area (Å²) >= 11 is 0. The lowest BCUT2D eigenvalue weighted by atomic mass is 10.0. The molecule has 1 N–H and O–H groups in total. The summed E-state index contributed by atoms with van der Waals surface area (Å²) in [7, 11) is -1.64. The van der Waals surface area contributed by atoms with Gasteiger partial charge < -0.3 is 10.2 Å². The fourth-order valence-corrected chi connectivity index (χ4v) is 5.03. The quantitative estimate of drug-likeness (QED) is 0.766. The molecule has 0 saturated carbocycles. The molecule has 7 heteroatoms. The zero-order chi connectivity index (χ0) is 21.9. The largest absolute Gasteiger partial charge is 0.346 e. The minimum atomic E-state index is -3.62. The van der Waals surface area contributed by atoms with Crippen molar-refractivity contribution in [3.8, 4) is 0 Å². The van der Waals surface area contributed by atoms with Crippen LogP contribution in [0.25, 0.3) is 0 Å². The molecule has 30 heavy (non-hydrogen) atoms. The first-order valence-electron chi connectivity index (χ1n) is 10.4.